The van der Waals surface area contributed by atoms with Crippen LogP contribution in [0.15, 0.2) is 57.2 Å². The summed E-state index contributed by atoms with van der Waals surface area (Å²) in [5.41, 5.74) is -1.04. The second kappa shape index (κ2) is 6.75. The number of furan rings is 1. The number of nitrogens with one attached hydrogen (secondary N) is 1. The van der Waals surface area contributed by atoms with Gasteiger partial charge in [-0.15, -0.1) is 0 Å². The molecule has 3 rings (SSSR count). The first kappa shape index (κ1) is 17.9. The van der Waals surface area contributed by atoms with Crippen molar-refractivity contribution in [1.29, 1.82) is 0 Å². The Morgan fingerprint density at radius 2 is 2.24 bits per heavy atom. The van der Waals surface area contributed by atoms with Crippen LogP contribution in [0.4, 0.5) is 0 Å². The van der Waals surface area contributed by atoms with Crippen LogP contribution in [-0.4, -0.2) is 29.6 Å². The first-order chi connectivity index (χ1) is 11.8. The highest BCUT2D eigenvalue weighted by Gasteiger charge is 2.36. The van der Waals surface area contributed by atoms with Crippen LogP contribution in [0.25, 0.3) is 0 Å². The van der Waals surface area contributed by atoms with E-state index < -0.39 is 15.6 Å². The quantitative estimate of drug-likeness (QED) is 0.655. The number of imidazole rings is 1. The summed E-state index contributed by atoms with van der Waals surface area (Å²) in [5, 5.41) is 14.6. The number of aromatic nitrogens is 2. The van der Waals surface area contributed by atoms with E-state index in [0.29, 0.717) is 5.56 Å². The predicted molar refractivity (Wildman–Crippen MR) is 93.8 cm³/mol. The van der Waals surface area contributed by atoms with Crippen molar-refractivity contribution in [2.75, 3.05) is 6.54 Å². The molecule has 0 spiro atoms. The highest BCUT2D eigenvalue weighted by molar-refractivity contribution is 7.89. The standard InChI is InChI=1S/C16H19N3O4S2/c1-12(2)19-8-15(17-11-19)25(21,22)18-10-16(20,13-5-7-24-9-13)14-4-3-6-23-14/h3-9,11-12,18,20H,10H2,1-2H3/t16-/m1/s1. The van der Waals surface area contributed by atoms with Crippen LogP contribution in [0.1, 0.15) is 31.2 Å². The highest BCUT2D eigenvalue weighted by atomic mass is 32.2. The van der Waals surface area contributed by atoms with Gasteiger partial charge in [-0.1, -0.05) is 0 Å². The lowest BCUT2D eigenvalue weighted by molar-refractivity contribution is 0.0623. The minimum absolute atomic E-state index is 0.0895. The summed E-state index contributed by atoms with van der Waals surface area (Å²) in [4.78, 5) is 3.94. The molecule has 0 aromatic carbocycles. The molecule has 0 amide bonds. The van der Waals surface area contributed by atoms with Gasteiger partial charge >= 0.3 is 0 Å². The molecule has 0 radical (unpaired) electrons. The zero-order chi connectivity index (χ0) is 18.1. The van der Waals surface area contributed by atoms with Gasteiger partial charge in [-0.2, -0.15) is 11.3 Å². The van der Waals surface area contributed by atoms with Gasteiger partial charge in [0.1, 0.15) is 5.76 Å². The van der Waals surface area contributed by atoms with Crippen LogP contribution >= 0.6 is 11.3 Å². The average Bonchev–Trinajstić information content (AvgIpc) is 3.35. The lowest BCUT2D eigenvalue weighted by Crippen LogP contribution is -2.41. The molecule has 2 N–H and O–H groups in total. The molecule has 134 valence electrons. The molecule has 3 aromatic heterocycles. The van der Waals surface area contributed by atoms with Crippen LogP contribution in [-0.2, 0) is 15.6 Å². The molecule has 0 unspecified atom stereocenters. The molecule has 0 saturated carbocycles. The Morgan fingerprint density at radius 3 is 2.80 bits per heavy atom. The van der Waals surface area contributed by atoms with Gasteiger partial charge in [-0.05, 0) is 42.8 Å². The van der Waals surface area contributed by atoms with Crippen LogP contribution in [0.5, 0.6) is 0 Å². The minimum Gasteiger partial charge on any atom is -0.466 e. The van der Waals surface area contributed by atoms with E-state index in [1.54, 1.807) is 28.1 Å². The first-order valence-electron chi connectivity index (χ1n) is 7.65. The molecule has 25 heavy (non-hydrogen) atoms. The molecule has 7 nitrogen and oxygen atoms in total. The van der Waals surface area contributed by atoms with Gasteiger partial charge in [-0.3, -0.25) is 0 Å². The lowest BCUT2D eigenvalue weighted by Gasteiger charge is -2.25. The molecular weight excluding hydrogens is 362 g/mol. The lowest BCUT2D eigenvalue weighted by atomic mass is 9.94. The molecule has 0 fully saturated rings. The van der Waals surface area contributed by atoms with Crippen molar-refractivity contribution >= 4 is 21.4 Å². The zero-order valence-electron chi connectivity index (χ0n) is 13.8. The molecule has 0 bridgehead atoms. The topological polar surface area (TPSA) is 97.4 Å². The minimum atomic E-state index is -3.87. The second-order valence-corrected chi connectivity index (χ2v) is 8.42. The summed E-state index contributed by atoms with van der Waals surface area (Å²) in [6.07, 6.45) is 4.37. The van der Waals surface area contributed by atoms with Crippen LogP contribution < -0.4 is 4.72 Å². The van der Waals surface area contributed by atoms with Gasteiger partial charge in [0.2, 0.25) is 0 Å². The summed E-state index contributed by atoms with van der Waals surface area (Å²) in [5.74, 6) is 0.265. The van der Waals surface area contributed by atoms with Gasteiger partial charge in [0.15, 0.2) is 10.6 Å². The summed E-state index contributed by atoms with van der Waals surface area (Å²) in [6, 6.07) is 5.09. The second-order valence-electron chi connectivity index (χ2n) is 5.93. The normalized spacial score (nSPS) is 14.7. The van der Waals surface area contributed by atoms with E-state index >= 15 is 0 Å². The average molecular weight is 381 g/mol. The van der Waals surface area contributed by atoms with E-state index in [9.17, 15) is 13.5 Å². The number of hydrogen-bond acceptors (Lipinski definition) is 6. The third kappa shape index (κ3) is 3.54. The van der Waals surface area contributed by atoms with Crippen molar-refractivity contribution in [3.8, 4) is 0 Å². The molecule has 0 saturated heterocycles. The fourth-order valence-corrected chi connectivity index (χ4v) is 4.07. The van der Waals surface area contributed by atoms with Gasteiger partial charge < -0.3 is 14.1 Å². The summed E-state index contributed by atoms with van der Waals surface area (Å²) >= 11 is 1.41. The molecule has 9 heteroatoms. The first-order valence-corrected chi connectivity index (χ1v) is 10.1. The highest BCUT2D eigenvalue weighted by Crippen LogP contribution is 2.31. The van der Waals surface area contributed by atoms with E-state index in [-0.39, 0.29) is 23.4 Å². The SMILES string of the molecule is CC(C)n1cnc(S(=O)(=O)NC[C@@](O)(c2ccsc2)c2ccco2)c1. The molecule has 0 aliphatic rings. The fourth-order valence-electron chi connectivity index (χ4n) is 2.36. The van der Waals surface area contributed by atoms with Crippen molar-refractivity contribution in [2.24, 2.45) is 0 Å². The summed E-state index contributed by atoms with van der Waals surface area (Å²) < 4.78 is 34.5. The maximum Gasteiger partial charge on any atom is 0.259 e. The third-order valence-electron chi connectivity index (χ3n) is 3.89. The number of nitrogens with zero attached hydrogens (tertiary/aromatic N) is 2. The largest absolute Gasteiger partial charge is 0.466 e. The van der Waals surface area contributed by atoms with E-state index in [0.717, 1.165) is 0 Å². The van der Waals surface area contributed by atoms with E-state index in [1.165, 1.54) is 30.1 Å². The number of aliphatic hydroxyl groups is 1. The Balaban J connectivity index is 1.86. The molecule has 0 aliphatic carbocycles. The van der Waals surface area contributed by atoms with Gasteiger partial charge in [0.05, 0.1) is 19.1 Å². The van der Waals surface area contributed by atoms with Crippen LogP contribution in [0.2, 0.25) is 0 Å². The number of sulfonamides is 1. The van der Waals surface area contributed by atoms with Gasteiger partial charge in [-0.25, -0.2) is 18.1 Å². The fraction of sp³-hybridized carbons (Fsp3) is 0.312. The van der Waals surface area contributed by atoms with E-state index in [4.69, 9.17) is 4.42 Å². The maximum atomic E-state index is 12.5. The van der Waals surface area contributed by atoms with Gasteiger partial charge in [0, 0.05) is 17.8 Å². The predicted octanol–water partition coefficient (Wildman–Crippen LogP) is 2.33. The molecule has 3 aromatic rings. The smallest absolute Gasteiger partial charge is 0.259 e. The van der Waals surface area contributed by atoms with Crippen molar-refractivity contribution in [3.63, 3.8) is 0 Å². The Bertz CT molecular complexity index is 878. The number of thiophene rings is 1. The number of hydrogen-bond donors (Lipinski definition) is 2. The van der Waals surface area contributed by atoms with Crippen LogP contribution in [0.3, 0.4) is 0 Å². The maximum absolute atomic E-state index is 12.5. The van der Waals surface area contributed by atoms with Crippen molar-refractivity contribution in [3.05, 3.63) is 59.1 Å². The Morgan fingerprint density at radius 1 is 1.44 bits per heavy atom. The molecule has 0 aliphatic heterocycles. The molecule has 3 heterocycles. The van der Waals surface area contributed by atoms with E-state index in [1.807, 2.05) is 19.2 Å². The van der Waals surface area contributed by atoms with E-state index in [2.05, 4.69) is 9.71 Å². The monoisotopic (exact) mass is 381 g/mol. The van der Waals surface area contributed by atoms with Crippen molar-refractivity contribution in [2.45, 2.75) is 30.5 Å². The summed E-state index contributed by atoms with van der Waals surface area (Å²) in [7, 11) is -3.87. The Hall–Kier alpha value is -1.94. The van der Waals surface area contributed by atoms with Gasteiger partial charge in [0.25, 0.3) is 10.0 Å². The van der Waals surface area contributed by atoms with Crippen molar-refractivity contribution in [1.82, 2.24) is 14.3 Å². The van der Waals surface area contributed by atoms with Crippen molar-refractivity contribution < 1.29 is 17.9 Å². The summed E-state index contributed by atoms with van der Waals surface area (Å²) in [6.45, 7) is 3.59. The molecular formula is C16H19N3O4S2. The van der Waals surface area contributed by atoms with Crippen LogP contribution in [0, 0.1) is 0 Å². The third-order valence-corrected chi connectivity index (χ3v) is 5.86. The molecule has 1 atom stereocenters. The Kier molecular flexibility index (Phi) is 4.83. The number of rotatable bonds is 7. The zero-order valence-corrected chi connectivity index (χ0v) is 15.4. The Labute approximate surface area is 150 Å².